The molecule has 0 aliphatic heterocycles. The SMILES string of the molecule is CCCCCCC(CC)C12CCCC(CC(=O)C1)C2N=NC. The van der Waals surface area contributed by atoms with Crippen molar-refractivity contribution in [1.29, 1.82) is 0 Å². The van der Waals surface area contributed by atoms with Crippen LogP contribution in [0.4, 0.5) is 0 Å². The van der Waals surface area contributed by atoms with Crippen LogP contribution in [-0.2, 0) is 4.79 Å². The van der Waals surface area contributed by atoms with Crippen LogP contribution in [0.1, 0.15) is 84.5 Å². The van der Waals surface area contributed by atoms with Crippen molar-refractivity contribution in [2.75, 3.05) is 7.05 Å². The van der Waals surface area contributed by atoms with Crippen molar-refractivity contribution >= 4 is 5.78 Å². The molecule has 3 heteroatoms. The van der Waals surface area contributed by atoms with Crippen LogP contribution in [0.25, 0.3) is 0 Å². The number of Topliss-reactive ketones (excluding diaryl/α,β-unsaturated/α-hetero) is 1. The highest BCUT2D eigenvalue weighted by molar-refractivity contribution is 5.81. The van der Waals surface area contributed by atoms with Crippen LogP contribution in [0.15, 0.2) is 10.2 Å². The number of hydrogen-bond donors (Lipinski definition) is 0. The molecular formula is C19H34N2O. The number of nitrogens with zero attached hydrogens (tertiary/aromatic N) is 2. The second-order valence-electron chi connectivity index (χ2n) is 7.52. The summed E-state index contributed by atoms with van der Waals surface area (Å²) in [5.41, 5.74) is 0.124. The Bertz CT molecular complexity index is 393. The van der Waals surface area contributed by atoms with E-state index in [2.05, 4.69) is 24.1 Å². The van der Waals surface area contributed by atoms with Crippen molar-refractivity contribution in [3.05, 3.63) is 0 Å². The quantitative estimate of drug-likeness (QED) is 0.426. The molecule has 2 aliphatic rings. The molecule has 0 radical (unpaired) electrons. The first-order chi connectivity index (χ1) is 10.7. The van der Waals surface area contributed by atoms with E-state index in [0.29, 0.717) is 23.7 Å². The van der Waals surface area contributed by atoms with E-state index in [-0.39, 0.29) is 5.41 Å². The van der Waals surface area contributed by atoms with Crippen LogP contribution in [0.2, 0.25) is 0 Å². The third-order valence-corrected chi connectivity index (χ3v) is 6.22. The van der Waals surface area contributed by atoms with Gasteiger partial charge in [-0.05, 0) is 31.1 Å². The molecule has 0 amide bonds. The molecule has 2 fully saturated rings. The fourth-order valence-corrected chi connectivity index (χ4v) is 5.25. The molecule has 4 atom stereocenters. The lowest BCUT2D eigenvalue weighted by Gasteiger charge is -2.53. The zero-order chi connectivity index (χ0) is 16.0. The largest absolute Gasteiger partial charge is 0.300 e. The number of unbranched alkanes of at least 4 members (excludes halogenated alkanes) is 3. The van der Waals surface area contributed by atoms with E-state index in [1.165, 1.54) is 57.8 Å². The van der Waals surface area contributed by atoms with E-state index in [4.69, 9.17) is 0 Å². The van der Waals surface area contributed by atoms with Crippen molar-refractivity contribution in [3.63, 3.8) is 0 Å². The van der Waals surface area contributed by atoms with Gasteiger partial charge in [-0.25, -0.2) is 0 Å². The van der Waals surface area contributed by atoms with Crippen molar-refractivity contribution < 1.29 is 4.79 Å². The molecule has 0 N–H and O–H groups in total. The number of rotatable bonds is 8. The molecule has 3 nitrogen and oxygen atoms in total. The molecule has 2 bridgehead atoms. The summed E-state index contributed by atoms with van der Waals surface area (Å²) in [5.74, 6) is 1.59. The van der Waals surface area contributed by atoms with Gasteiger partial charge in [0.2, 0.25) is 0 Å². The van der Waals surface area contributed by atoms with Crippen LogP contribution in [0, 0.1) is 17.3 Å². The third kappa shape index (κ3) is 3.60. The second-order valence-corrected chi connectivity index (χ2v) is 7.52. The van der Waals surface area contributed by atoms with Crippen LogP contribution < -0.4 is 0 Å². The number of carbonyl (C=O) groups excluding carboxylic acids is 1. The van der Waals surface area contributed by atoms with Crippen molar-refractivity contribution in [3.8, 4) is 0 Å². The van der Waals surface area contributed by atoms with Crippen molar-refractivity contribution in [1.82, 2.24) is 0 Å². The number of hydrogen-bond acceptors (Lipinski definition) is 3. The van der Waals surface area contributed by atoms with Crippen LogP contribution >= 0.6 is 0 Å². The maximum Gasteiger partial charge on any atom is 0.133 e. The smallest absolute Gasteiger partial charge is 0.133 e. The number of fused-ring (bicyclic) bond motifs is 2. The molecule has 4 unspecified atom stereocenters. The molecule has 0 saturated heterocycles. The molecule has 126 valence electrons. The Hall–Kier alpha value is -0.730. The molecule has 2 aliphatic carbocycles. The Morgan fingerprint density at radius 2 is 2.09 bits per heavy atom. The van der Waals surface area contributed by atoms with Gasteiger partial charge in [0.15, 0.2) is 0 Å². The van der Waals surface area contributed by atoms with E-state index in [0.717, 1.165) is 12.8 Å². The normalized spacial score (nSPS) is 33.3. The average molecular weight is 306 g/mol. The number of carbonyl (C=O) groups is 1. The maximum absolute atomic E-state index is 12.4. The molecule has 0 aromatic heterocycles. The topological polar surface area (TPSA) is 41.8 Å². The Kier molecular flexibility index (Phi) is 6.58. The minimum atomic E-state index is 0.124. The van der Waals surface area contributed by atoms with Gasteiger partial charge in [0.1, 0.15) is 5.78 Å². The Morgan fingerprint density at radius 3 is 2.77 bits per heavy atom. The minimum absolute atomic E-state index is 0.124. The van der Waals surface area contributed by atoms with Crippen molar-refractivity contribution in [2.45, 2.75) is 90.5 Å². The zero-order valence-corrected chi connectivity index (χ0v) is 14.8. The highest BCUT2D eigenvalue weighted by atomic mass is 16.1. The van der Waals surface area contributed by atoms with Crippen LogP contribution in [-0.4, -0.2) is 18.9 Å². The summed E-state index contributed by atoms with van der Waals surface area (Å²) >= 11 is 0. The maximum atomic E-state index is 12.4. The summed E-state index contributed by atoms with van der Waals surface area (Å²) in [5, 5.41) is 8.81. The first-order valence-electron chi connectivity index (χ1n) is 9.48. The van der Waals surface area contributed by atoms with Crippen molar-refractivity contribution in [2.24, 2.45) is 27.5 Å². The van der Waals surface area contributed by atoms with E-state index in [1.54, 1.807) is 7.05 Å². The van der Waals surface area contributed by atoms with Crippen LogP contribution in [0.5, 0.6) is 0 Å². The molecule has 0 aromatic rings. The van der Waals surface area contributed by atoms with Gasteiger partial charge in [0.05, 0.1) is 6.04 Å². The lowest BCUT2D eigenvalue weighted by Crippen LogP contribution is -2.52. The predicted molar refractivity (Wildman–Crippen MR) is 91.1 cm³/mol. The van der Waals surface area contributed by atoms with E-state index in [9.17, 15) is 4.79 Å². The second kappa shape index (κ2) is 8.21. The predicted octanol–water partition coefficient (Wildman–Crippen LogP) is 5.58. The summed E-state index contributed by atoms with van der Waals surface area (Å²) in [6.07, 6.45) is 12.9. The van der Waals surface area contributed by atoms with E-state index in [1.807, 2.05) is 0 Å². The molecule has 2 rings (SSSR count). The summed E-state index contributed by atoms with van der Waals surface area (Å²) < 4.78 is 0. The van der Waals surface area contributed by atoms with E-state index < -0.39 is 0 Å². The minimum Gasteiger partial charge on any atom is -0.300 e. The van der Waals surface area contributed by atoms with Crippen LogP contribution in [0.3, 0.4) is 0 Å². The third-order valence-electron chi connectivity index (χ3n) is 6.22. The Labute approximate surface area is 136 Å². The van der Waals surface area contributed by atoms with Gasteiger partial charge in [-0.15, -0.1) is 0 Å². The van der Waals surface area contributed by atoms with Gasteiger partial charge in [-0.3, -0.25) is 4.79 Å². The fourth-order valence-electron chi connectivity index (χ4n) is 5.25. The molecule has 2 saturated carbocycles. The molecule has 0 spiro atoms. The molecule has 22 heavy (non-hydrogen) atoms. The number of ketones is 1. The van der Waals surface area contributed by atoms with Gasteiger partial charge >= 0.3 is 0 Å². The summed E-state index contributed by atoms with van der Waals surface area (Å²) in [4.78, 5) is 12.4. The van der Waals surface area contributed by atoms with Gasteiger partial charge in [-0.1, -0.05) is 52.4 Å². The molecule has 0 aromatic carbocycles. The standard InChI is InChI=1S/C19H34N2O/c1-4-6-7-8-11-16(5-2)19-12-9-10-15(13-17(22)14-19)18(19)21-20-3/h15-16,18H,4-14H2,1-3H3. The zero-order valence-electron chi connectivity index (χ0n) is 14.8. The highest BCUT2D eigenvalue weighted by Gasteiger charge is 2.54. The van der Waals surface area contributed by atoms with Gasteiger partial charge < -0.3 is 0 Å². The van der Waals surface area contributed by atoms with E-state index >= 15 is 0 Å². The summed E-state index contributed by atoms with van der Waals surface area (Å²) in [7, 11) is 1.79. The highest BCUT2D eigenvalue weighted by Crippen LogP contribution is 2.55. The summed E-state index contributed by atoms with van der Waals surface area (Å²) in [6.45, 7) is 4.57. The first-order valence-corrected chi connectivity index (χ1v) is 9.48. The van der Waals surface area contributed by atoms with Gasteiger partial charge in [0, 0.05) is 25.3 Å². The number of azo groups is 1. The van der Waals surface area contributed by atoms with Gasteiger partial charge in [-0.2, -0.15) is 10.2 Å². The average Bonchev–Trinajstić information content (AvgIpc) is 2.49. The lowest BCUT2D eigenvalue weighted by molar-refractivity contribution is -0.132. The lowest BCUT2D eigenvalue weighted by atomic mass is 9.52. The Balaban J connectivity index is 2.17. The monoisotopic (exact) mass is 306 g/mol. The Morgan fingerprint density at radius 1 is 1.27 bits per heavy atom. The fraction of sp³-hybridized carbons (Fsp3) is 0.947. The molecule has 0 heterocycles. The first kappa shape index (κ1) is 17.6. The molecular weight excluding hydrogens is 272 g/mol. The summed E-state index contributed by atoms with van der Waals surface area (Å²) in [6, 6.07) is 0.306. The van der Waals surface area contributed by atoms with Gasteiger partial charge in [0.25, 0.3) is 0 Å².